The van der Waals surface area contributed by atoms with Crippen LogP contribution in [-0.2, 0) is 0 Å². The second-order valence-corrected chi connectivity index (χ2v) is 5.34. The summed E-state index contributed by atoms with van der Waals surface area (Å²) in [6, 6.07) is 6.54. The number of carbonyl (C=O) groups excluding carboxylic acids is 1. The normalized spacial score (nSPS) is 22.2. The maximum Gasteiger partial charge on any atom is 0.179 e. The summed E-state index contributed by atoms with van der Waals surface area (Å²) in [6.07, 6.45) is 1.05. The van der Waals surface area contributed by atoms with Gasteiger partial charge in [0.1, 0.15) is 5.82 Å². The number of benzene rings is 1. The summed E-state index contributed by atoms with van der Waals surface area (Å²) >= 11 is 0. The van der Waals surface area contributed by atoms with Crippen LogP contribution in [0.4, 0.5) is 4.39 Å². The second-order valence-electron chi connectivity index (χ2n) is 5.34. The number of rotatable bonds is 3. The van der Waals surface area contributed by atoms with Crippen LogP contribution >= 0.6 is 0 Å². The SMILES string of the molecule is CC1CN(C)CCCN1CC(=O)c1ccccc1F. The van der Waals surface area contributed by atoms with Crippen LogP contribution in [0.2, 0.25) is 0 Å². The van der Waals surface area contributed by atoms with E-state index in [0.717, 1.165) is 26.1 Å². The van der Waals surface area contributed by atoms with Gasteiger partial charge in [0.15, 0.2) is 5.78 Å². The van der Waals surface area contributed by atoms with E-state index < -0.39 is 5.82 Å². The third-order valence-electron chi connectivity index (χ3n) is 3.71. The number of Topliss-reactive ketones (excluding diaryl/α,β-unsaturated/α-hetero) is 1. The van der Waals surface area contributed by atoms with Crippen molar-refractivity contribution >= 4 is 5.78 Å². The van der Waals surface area contributed by atoms with Crippen molar-refractivity contribution in [2.45, 2.75) is 19.4 Å². The lowest BCUT2D eigenvalue weighted by Crippen LogP contribution is -2.41. The molecule has 0 aromatic heterocycles. The smallest absolute Gasteiger partial charge is 0.179 e. The highest BCUT2D eigenvalue weighted by Gasteiger charge is 2.22. The van der Waals surface area contributed by atoms with E-state index in [9.17, 15) is 9.18 Å². The first kappa shape index (κ1) is 14.2. The first-order chi connectivity index (χ1) is 9.08. The van der Waals surface area contributed by atoms with Gasteiger partial charge in [-0.3, -0.25) is 9.69 Å². The van der Waals surface area contributed by atoms with E-state index in [2.05, 4.69) is 23.8 Å². The Bertz CT molecular complexity index is 450. The number of carbonyl (C=O) groups is 1. The fourth-order valence-corrected chi connectivity index (χ4v) is 2.61. The standard InChI is InChI=1S/C15H21FN2O/c1-12-10-17(2)8-5-9-18(12)11-15(19)13-6-3-4-7-14(13)16/h3-4,6-7,12H,5,8-11H2,1-2H3. The molecule has 1 aromatic carbocycles. The fraction of sp³-hybridized carbons (Fsp3) is 0.533. The van der Waals surface area contributed by atoms with Crippen molar-refractivity contribution in [3.63, 3.8) is 0 Å². The van der Waals surface area contributed by atoms with E-state index in [1.165, 1.54) is 6.07 Å². The molecular formula is C15H21FN2O. The van der Waals surface area contributed by atoms with Gasteiger partial charge < -0.3 is 4.90 Å². The van der Waals surface area contributed by atoms with Crippen molar-refractivity contribution in [2.24, 2.45) is 0 Å². The van der Waals surface area contributed by atoms with Crippen molar-refractivity contribution in [2.75, 3.05) is 33.2 Å². The average Bonchev–Trinajstić information content (AvgIpc) is 2.52. The van der Waals surface area contributed by atoms with Gasteiger partial charge in [-0.25, -0.2) is 4.39 Å². The number of hydrogen-bond acceptors (Lipinski definition) is 3. The molecule has 0 bridgehead atoms. The van der Waals surface area contributed by atoms with E-state index in [-0.39, 0.29) is 11.3 Å². The van der Waals surface area contributed by atoms with Crippen molar-refractivity contribution in [3.05, 3.63) is 35.6 Å². The molecule has 19 heavy (non-hydrogen) atoms. The largest absolute Gasteiger partial charge is 0.305 e. The average molecular weight is 264 g/mol. The van der Waals surface area contributed by atoms with Crippen LogP contribution in [0, 0.1) is 5.82 Å². The van der Waals surface area contributed by atoms with Crippen LogP contribution in [0.15, 0.2) is 24.3 Å². The monoisotopic (exact) mass is 264 g/mol. The maximum atomic E-state index is 13.6. The second kappa shape index (κ2) is 6.26. The minimum absolute atomic E-state index is 0.130. The van der Waals surface area contributed by atoms with Crippen LogP contribution in [0.25, 0.3) is 0 Å². The molecule has 0 radical (unpaired) electrons. The highest BCUT2D eigenvalue weighted by atomic mass is 19.1. The minimum Gasteiger partial charge on any atom is -0.305 e. The van der Waals surface area contributed by atoms with Crippen LogP contribution in [-0.4, -0.2) is 54.9 Å². The van der Waals surface area contributed by atoms with Crippen LogP contribution < -0.4 is 0 Å². The minimum atomic E-state index is -0.424. The van der Waals surface area contributed by atoms with Crippen LogP contribution in [0.3, 0.4) is 0 Å². The molecule has 4 heteroatoms. The number of ketones is 1. The number of likely N-dealkylation sites (N-methyl/N-ethyl adjacent to an activating group) is 1. The van der Waals surface area contributed by atoms with Crippen LogP contribution in [0.5, 0.6) is 0 Å². The predicted molar refractivity (Wildman–Crippen MR) is 73.9 cm³/mol. The zero-order chi connectivity index (χ0) is 13.8. The Kier molecular flexibility index (Phi) is 4.66. The molecule has 0 amide bonds. The summed E-state index contributed by atoms with van der Waals surface area (Å²) < 4.78 is 13.6. The van der Waals surface area contributed by atoms with Gasteiger partial charge in [-0.05, 0) is 39.1 Å². The lowest BCUT2D eigenvalue weighted by Gasteiger charge is -2.27. The Labute approximate surface area is 114 Å². The van der Waals surface area contributed by atoms with Gasteiger partial charge in [-0.1, -0.05) is 12.1 Å². The fourth-order valence-electron chi connectivity index (χ4n) is 2.61. The summed E-state index contributed by atoms with van der Waals surface area (Å²) in [6.45, 7) is 5.32. The van der Waals surface area contributed by atoms with E-state index in [1.807, 2.05) is 0 Å². The van der Waals surface area contributed by atoms with E-state index in [1.54, 1.807) is 18.2 Å². The molecule has 0 aliphatic carbocycles. The molecule has 1 saturated heterocycles. The quantitative estimate of drug-likeness (QED) is 0.781. The van der Waals surface area contributed by atoms with Gasteiger partial charge in [-0.2, -0.15) is 0 Å². The van der Waals surface area contributed by atoms with Gasteiger partial charge in [0.2, 0.25) is 0 Å². The Morgan fingerprint density at radius 2 is 2.11 bits per heavy atom. The highest BCUT2D eigenvalue weighted by Crippen LogP contribution is 2.12. The summed E-state index contributed by atoms with van der Waals surface area (Å²) in [5.41, 5.74) is 0.201. The number of halogens is 1. The molecule has 0 N–H and O–H groups in total. The zero-order valence-corrected chi connectivity index (χ0v) is 11.6. The molecule has 1 aliphatic rings. The van der Waals surface area contributed by atoms with Crippen molar-refractivity contribution in [3.8, 4) is 0 Å². The van der Waals surface area contributed by atoms with Gasteiger partial charge in [-0.15, -0.1) is 0 Å². The third kappa shape index (κ3) is 3.61. The molecule has 1 aromatic rings. The first-order valence-electron chi connectivity index (χ1n) is 6.78. The molecule has 1 unspecified atom stereocenters. The summed E-state index contributed by atoms with van der Waals surface area (Å²) in [5, 5.41) is 0. The molecular weight excluding hydrogens is 243 g/mol. The molecule has 2 rings (SSSR count). The van der Waals surface area contributed by atoms with Crippen molar-refractivity contribution in [1.29, 1.82) is 0 Å². The Hall–Kier alpha value is -1.26. The Balaban J connectivity index is 2.04. The lowest BCUT2D eigenvalue weighted by atomic mass is 10.1. The molecule has 0 spiro atoms. The molecule has 104 valence electrons. The molecule has 1 fully saturated rings. The van der Waals surface area contributed by atoms with E-state index in [4.69, 9.17) is 0 Å². The summed E-state index contributed by atoms with van der Waals surface area (Å²) in [5.74, 6) is -0.554. The molecule has 1 aliphatic heterocycles. The predicted octanol–water partition coefficient (Wildman–Crippen LogP) is 2.03. The molecule has 1 atom stereocenters. The van der Waals surface area contributed by atoms with Crippen LogP contribution in [0.1, 0.15) is 23.7 Å². The van der Waals surface area contributed by atoms with Gasteiger partial charge in [0, 0.05) is 19.1 Å². The molecule has 3 nitrogen and oxygen atoms in total. The summed E-state index contributed by atoms with van der Waals surface area (Å²) in [4.78, 5) is 16.6. The van der Waals surface area contributed by atoms with Gasteiger partial charge >= 0.3 is 0 Å². The van der Waals surface area contributed by atoms with Gasteiger partial charge in [0.05, 0.1) is 12.1 Å². The third-order valence-corrected chi connectivity index (χ3v) is 3.71. The topological polar surface area (TPSA) is 23.6 Å². The number of nitrogens with zero attached hydrogens (tertiary/aromatic N) is 2. The maximum absolute atomic E-state index is 13.6. The highest BCUT2D eigenvalue weighted by molar-refractivity contribution is 5.97. The summed E-state index contributed by atoms with van der Waals surface area (Å²) in [7, 11) is 2.10. The lowest BCUT2D eigenvalue weighted by molar-refractivity contribution is 0.0896. The zero-order valence-electron chi connectivity index (χ0n) is 11.6. The Morgan fingerprint density at radius 3 is 2.84 bits per heavy atom. The Morgan fingerprint density at radius 1 is 1.37 bits per heavy atom. The van der Waals surface area contributed by atoms with Gasteiger partial charge in [0.25, 0.3) is 0 Å². The number of hydrogen-bond donors (Lipinski definition) is 0. The molecule has 1 heterocycles. The van der Waals surface area contributed by atoms with Crippen molar-refractivity contribution in [1.82, 2.24) is 9.80 Å². The van der Waals surface area contributed by atoms with E-state index >= 15 is 0 Å². The van der Waals surface area contributed by atoms with E-state index in [0.29, 0.717) is 12.6 Å². The van der Waals surface area contributed by atoms with Crippen molar-refractivity contribution < 1.29 is 9.18 Å². The first-order valence-corrected chi connectivity index (χ1v) is 6.78. The molecule has 0 saturated carbocycles.